The largest absolute Gasteiger partial charge is 0.573 e. The van der Waals surface area contributed by atoms with Gasteiger partial charge in [0.2, 0.25) is 5.91 Å². The van der Waals surface area contributed by atoms with Gasteiger partial charge in [0.15, 0.2) is 0 Å². The van der Waals surface area contributed by atoms with E-state index in [1.54, 1.807) is 24.3 Å². The second-order valence-electron chi connectivity index (χ2n) is 7.15. The standard InChI is InChI=1S/C22H17F3N4O4S/c1-14(30)27-16-4-2-5-17(10-16)28-21-12-20-15(13-26-21)8-9-29(20)34(31,32)19-7-3-6-18(11-19)33-22(23,24)25/h2-13H,1H3,(H,26,28)(H,27,30). The van der Waals surface area contributed by atoms with Gasteiger partial charge in [-0.25, -0.2) is 17.4 Å². The van der Waals surface area contributed by atoms with E-state index in [4.69, 9.17) is 0 Å². The molecule has 0 radical (unpaired) electrons. The van der Waals surface area contributed by atoms with Gasteiger partial charge in [0.25, 0.3) is 10.0 Å². The van der Waals surface area contributed by atoms with Gasteiger partial charge in [0.05, 0.1) is 10.4 Å². The molecule has 34 heavy (non-hydrogen) atoms. The molecule has 176 valence electrons. The lowest BCUT2D eigenvalue weighted by Gasteiger charge is -2.12. The van der Waals surface area contributed by atoms with Gasteiger partial charge in [-0.15, -0.1) is 13.2 Å². The van der Waals surface area contributed by atoms with Gasteiger partial charge in [-0.05, 0) is 36.4 Å². The Balaban J connectivity index is 1.68. The first-order valence-corrected chi connectivity index (χ1v) is 11.2. The highest BCUT2D eigenvalue weighted by Gasteiger charge is 2.31. The molecule has 0 aliphatic carbocycles. The van der Waals surface area contributed by atoms with Crippen molar-refractivity contribution in [3.63, 3.8) is 0 Å². The molecule has 0 fully saturated rings. The van der Waals surface area contributed by atoms with Crippen molar-refractivity contribution in [2.24, 2.45) is 0 Å². The highest BCUT2D eigenvalue weighted by molar-refractivity contribution is 7.90. The maximum absolute atomic E-state index is 13.2. The Morgan fingerprint density at radius 1 is 1.03 bits per heavy atom. The van der Waals surface area contributed by atoms with E-state index < -0.39 is 22.1 Å². The molecule has 2 aromatic heterocycles. The van der Waals surface area contributed by atoms with E-state index in [0.29, 0.717) is 22.6 Å². The van der Waals surface area contributed by atoms with Crippen molar-refractivity contribution in [2.45, 2.75) is 18.2 Å². The van der Waals surface area contributed by atoms with Gasteiger partial charge in [0, 0.05) is 48.2 Å². The molecule has 0 spiro atoms. The molecule has 2 heterocycles. The van der Waals surface area contributed by atoms with Crippen LogP contribution >= 0.6 is 0 Å². The smallest absolute Gasteiger partial charge is 0.406 e. The zero-order chi connectivity index (χ0) is 24.5. The van der Waals surface area contributed by atoms with Crippen molar-refractivity contribution in [3.05, 3.63) is 73.1 Å². The molecule has 0 aliphatic rings. The van der Waals surface area contributed by atoms with E-state index in [1.807, 2.05) is 0 Å². The third-order valence-corrected chi connectivity index (χ3v) is 6.28. The van der Waals surface area contributed by atoms with Crippen LogP contribution in [-0.4, -0.2) is 29.6 Å². The van der Waals surface area contributed by atoms with Crippen LogP contribution in [0.5, 0.6) is 5.75 Å². The van der Waals surface area contributed by atoms with Crippen LogP contribution in [0.1, 0.15) is 6.92 Å². The summed E-state index contributed by atoms with van der Waals surface area (Å²) >= 11 is 0. The Bertz CT molecular complexity index is 1480. The first-order valence-electron chi connectivity index (χ1n) is 9.74. The first-order chi connectivity index (χ1) is 16.0. The molecule has 0 unspecified atom stereocenters. The summed E-state index contributed by atoms with van der Waals surface area (Å²) in [5.74, 6) is -0.561. The predicted molar refractivity (Wildman–Crippen MR) is 119 cm³/mol. The van der Waals surface area contributed by atoms with Crippen LogP contribution in [0.4, 0.5) is 30.4 Å². The molecule has 2 N–H and O–H groups in total. The lowest BCUT2D eigenvalue weighted by Crippen LogP contribution is -2.18. The topological polar surface area (TPSA) is 102 Å². The van der Waals surface area contributed by atoms with E-state index >= 15 is 0 Å². The van der Waals surface area contributed by atoms with E-state index in [2.05, 4.69) is 20.4 Å². The van der Waals surface area contributed by atoms with Gasteiger partial charge in [0.1, 0.15) is 11.6 Å². The van der Waals surface area contributed by atoms with Crippen molar-refractivity contribution in [3.8, 4) is 5.75 Å². The zero-order valence-electron chi connectivity index (χ0n) is 17.5. The average molecular weight is 490 g/mol. The van der Waals surface area contributed by atoms with Crippen molar-refractivity contribution in [1.82, 2.24) is 8.96 Å². The Hall–Kier alpha value is -4.06. The lowest BCUT2D eigenvalue weighted by atomic mass is 10.2. The van der Waals surface area contributed by atoms with Crippen molar-refractivity contribution in [2.75, 3.05) is 10.6 Å². The SMILES string of the molecule is CC(=O)Nc1cccc(Nc2cc3c(ccn3S(=O)(=O)c3cccc(OC(F)(F)F)c3)cn2)c1. The van der Waals surface area contributed by atoms with Crippen LogP contribution in [0.3, 0.4) is 0 Å². The molecule has 0 bridgehead atoms. The molecule has 0 aliphatic heterocycles. The summed E-state index contributed by atoms with van der Waals surface area (Å²) in [5, 5.41) is 6.20. The minimum Gasteiger partial charge on any atom is -0.406 e. The number of amides is 1. The maximum Gasteiger partial charge on any atom is 0.573 e. The van der Waals surface area contributed by atoms with Crippen LogP contribution in [0.25, 0.3) is 10.9 Å². The highest BCUT2D eigenvalue weighted by Crippen LogP contribution is 2.29. The summed E-state index contributed by atoms with van der Waals surface area (Å²) < 4.78 is 68.8. The number of anilines is 3. The first kappa shape index (κ1) is 23.1. The summed E-state index contributed by atoms with van der Waals surface area (Å²) in [6, 6.07) is 14.0. The van der Waals surface area contributed by atoms with Gasteiger partial charge < -0.3 is 15.4 Å². The molecule has 0 atom stereocenters. The molecular formula is C22H17F3N4O4S. The fraction of sp³-hybridized carbons (Fsp3) is 0.0909. The lowest BCUT2D eigenvalue weighted by molar-refractivity contribution is -0.274. The fourth-order valence-corrected chi connectivity index (χ4v) is 4.63. The third kappa shape index (κ3) is 5.12. The van der Waals surface area contributed by atoms with E-state index in [1.165, 1.54) is 37.5 Å². The van der Waals surface area contributed by atoms with E-state index in [9.17, 15) is 26.4 Å². The van der Waals surface area contributed by atoms with E-state index in [0.717, 1.165) is 22.2 Å². The van der Waals surface area contributed by atoms with Crippen LogP contribution < -0.4 is 15.4 Å². The molecular weight excluding hydrogens is 473 g/mol. The summed E-state index contributed by atoms with van der Waals surface area (Å²) in [7, 11) is -4.24. The molecule has 4 aromatic rings. The van der Waals surface area contributed by atoms with Gasteiger partial charge in [-0.1, -0.05) is 12.1 Å². The number of ether oxygens (including phenoxy) is 1. The molecule has 0 saturated carbocycles. The number of rotatable bonds is 6. The molecule has 1 amide bonds. The summed E-state index contributed by atoms with van der Waals surface area (Å²) in [6.07, 6.45) is -2.20. The quantitative estimate of drug-likeness (QED) is 0.400. The maximum atomic E-state index is 13.2. The number of carbonyl (C=O) groups is 1. The second-order valence-corrected chi connectivity index (χ2v) is 8.97. The number of carbonyl (C=O) groups excluding carboxylic acids is 1. The molecule has 0 saturated heterocycles. The highest BCUT2D eigenvalue weighted by atomic mass is 32.2. The monoisotopic (exact) mass is 490 g/mol. The van der Waals surface area contributed by atoms with Gasteiger partial charge in [-0.2, -0.15) is 0 Å². The molecule has 4 rings (SSSR count). The summed E-state index contributed by atoms with van der Waals surface area (Å²) in [6.45, 7) is 1.38. The van der Waals surface area contributed by atoms with Crippen LogP contribution in [0.2, 0.25) is 0 Å². The number of pyridine rings is 1. The minimum atomic E-state index is -4.95. The van der Waals surface area contributed by atoms with Crippen LogP contribution in [-0.2, 0) is 14.8 Å². The Morgan fingerprint density at radius 3 is 2.50 bits per heavy atom. The third-order valence-electron chi connectivity index (χ3n) is 4.59. The molecule has 8 nitrogen and oxygen atoms in total. The molecule has 12 heteroatoms. The van der Waals surface area contributed by atoms with Crippen LogP contribution in [0, 0.1) is 0 Å². The minimum absolute atomic E-state index is 0.232. The Kier molecular flexibility index (Phi) is 5.92. The number of hydrogen-bond donors (Lipinski definition) is 2. The second kappa shape index (κ2) is 8.71. The summed E-state index contributed by atoms with van der Waals surface area (Å²) in [5.41, 5.74) is 1.42. The number of hydrogen-bond acceptors (Lipinski definition) is 6. The van der Waals surface area contributed by atoms with E-state index in [-0.39, 0.29) is 16.3 Å². The normalized spacial score (nSPS) is 11.9. The average Bonchev–Trinajstić information content (AvgIpc) is 3.16. The van der Waals surface area contributed by atoms with Crippen molar-refractivity contribution in [1.29, 1.82) is 0 Å². The van der Waals surface area contributed by atoms with Crippen molar-refractivity contribution >= 4 is 44.0 Å². The number of halogens is 3. The number of nitrogens with zero attached hydrogens (tertiary/aromatic N) is 2. The van der Waals surface area contributed by atoms with Gasteiger partial charge in [-0.3, -0.25) is 4.79 Å². The zero-order valence-corrected chi connectivity index (χ0v) is 18.3. The number of nitrogens with one attached hydrogen (secondary N) is 2. The number of aromatic nitrogens is 2. The van der Waals surface area contributed by atoms with Crippen LogP contribution in [0.15, 0.2) is 78.0 Å². The Labute approximate surface area is 192 Å². The molecule has 2 aromatic carbocycles. The number of benzene rings is 2. The fourth-order valence-electron chi connectivity index (χ4n) is 3.25. The van der Waals surface area contributed by atoms with Gasteiger partial charge >= 0.3 is 6.36 Å². The van der Waals surface area contributed by atoms with Crippen molar-refractivity contribution < 1.29 is 31.1 Å². The number of alkyl halides is 3. The number of fused-ring (bicyclic) bond motifs is 1. The summed E-state index contributed by atoms with van der Waals surface area (Å²) in [4.78, 5) is 15.2. The predicted octanol–water partition coefficient (Wildman–Crippen LogP) is 4.87. The Morgan fingerprint density at radius 2 is 1.76 bits per heavy atom.